The molecule has 0 unspecified atom stereocenters. The molecule has 2 aromatic heterocycles. The normalized spacial score (nSPS) is 16.1. The number of carbonyl (C=O) groups is 1. The molecule has 7 heteroatoms. The zero-order valence-corrected chi connectivity index (χ0v) is 16.2. The van der Waals surface area contributed by atoms with Crippen LogP contribution in [0.4, 0.5) is 0 Å². The van der Waals surface area contributed by atoms with Gasteiger partial charge >= 0.3 is 0 Å². The first-order valence-electron chi connectivity index (χ1n) is 8.85. The number of hydrogen-bond donors (Lipinski definition) is 0. The molecule has 0 bridgehead atoms. The molecule has 1 amide bonds. The Bertz CT molecular complexity index is 831. The highest BCUT2D eigenvalue weighted by Crippen LogP contribution is 2.25. The molecule has 0 aliphatic carbocycles. The van der Waals surface area contributed by atoms with Gasteiger partial charge in [-0.3, -0.25) is 19.1 Å². The Morgan fingerprint density at radius 3 is 2.56 bits per heavy atom. The van der Waals surface area contributed by atoms with E-state index in [1.807, 2.05) is 18.7 Å². The van der Waals surface area contributed by atoms with E-state index in [-0.39, 0.29) is 11.5 Å². The lowest BCUT2D eigenvalue weighted by atomic mass is 10.2. The van der Waals surface area contributed by atoms with Gasteiger partial charge in [-0.15, -0.1) is 11.3 Å². The summed E-state index contributed by atoms with van der Waals surface area (Å²) in [5.74, 6) is 0.119. The molecular formula is C18H26N4O2S. The number of amides is 1. The smallest absolute Gasteiger partial charge is 0.262 e. The lowest BCUT2D eigenvalue weighted by Crippen LogP contribution is -2.50. The van der Waals surface area contributed by atoms with Crippen LogP contribution in [0.1, 0.15) is 30.7 Å². The molecule has 0 saturated carbocycles. The molecule has 0 N–H and O–H groups in total. The van der Waals surface area contributed by atoms with Crippen molar-refractivity contribution in [3.63, 3.8) is 0 Å². The van der Waals surface area contributed by atoms with Gasteiger partial charge in [0.1, 0.15) is 4.83 Å². The van der Waals surface area contributed by atoms with Gasteiger partial charge in [-0.2, -0.15) is 0 Å². The van der Waals surface area contributed by atoms with Crippen LogP contribution < -0.4 is 5.56 Å². The van der Waals surface area contributed by atoms with Crippen LogP contribution in [0.2, 0.25) is 0 Å². The number of hydrogen-bond acceptors (Lipinski definition) is 5. The monoisotopic (exact) mass is 362 g/mol. The van der Waals surface area contributed by atoms with Crippen molar-refractivity contribution < 1.29 is 4.79 Å². The predicted molar refractivity (Wildman–Crippen MR) is 101 cm³/mol. The number of fused-ring (bicyclic) bond motifs is 1. The lowest BCUT2D eigenvalue weighted by Gasteiger charge is -2.37. The summed E-state index contributed by atoms with van der Waals surface area (Å²) in [6, 6.07) is 0.519. The Morgan fingerprint density at radius 2 is 1.92 bits per heavy atom. The first kappa shape index (κ1) is 18.1. The van der Waals surface area contributed by atoms with Gasteiger partial charge in [-0.05, 0) is 33.3 Å². The molecule has 1 saturated heterocycles. The first-order valence-corrected chi connectivity index (χ1v) is 9.67. The number of carbonyl (C=O) groups excluding carboxylic acids is 1. The number of aryl methyl sites for hydroxylation is 3. The number of piperazine rings is 1. The highest BCUT2D eigenvalue weighted by molar-refractivity contribution is 7.18. The summed E-state index contributed by atoms with van der Waals surface area (Å²) in [5, 5.41) is 0.697. The standard InChI is InChI=1S/C18H26N4O2S/c1-12(2)20-7-9-21(10-8-20)15(23)5-6-22-11-19-17-16(18(22)24)13(3)14(4)25-17/h11-12H,5-10H2,1-4H3. The van der Waals surface area contributed by atoms with Gasteiger partial charge in [-0.25, -0.2) is 4.98 Å². The molecule has 0 spiro atoms. The lowest BCUT2D eigenvalue weighted by molar-refractivity contribution is -0.133. The van der Waals surface area contributed by atoms with Gasteiger partial charge in [0.15, 0.2) is 0 Å². The fourth-order valence-corrected chi connectivity index (χ4v) is 4.28. The summed E-state index contributed by atoms with van der Waals surface area (Å²) in [6.07, 6.45) is 1.92. The molecular weight excluding hydrogens is 336 g/mol. The Kier molecular flexibility index (Phi) is 5.24. The van der Waals surface area contributed by atoms with Crippen LogP contribution in [-0.4, -0.2) is 57.5 Å². The molecule has 1 aliphatic heterocycles. The highest BCUT2D eigenvalue weighted by atomic mass is 32.1. The average Bonchev–Trinajstić information content (AvgIpc) is 2.89. The number of thiophene rings is 1. The van der Waals surface area contributed by atoms with Crippen LogP contribution in [0.5, 0.6) is 0 Å². The maximum absolute atomic E-state index is 12.7. The maximum Gasteiger partial charge on any atom is 0.262 e. The maximum atomic E-state index is 12.7. The van der Waals surface area contributed by atoms with Crippen LogP contribution in [0.3, 0.4) is 0 Å². The summed E-state index contributed by atoms with van der Waals surface area (Å²) in [6.45, 7) is 12.1. The highest BCUT2D eigenvalue weighted by Gasteiger charge is 2.22. The molecule has 0 radical (unpaired) electrons. The fraction of sp³-hybridized carbons (Fsp3) is 0.611. The van der Waals surface area contributed by atoms with E-state index in [1.165, 1.54) is 0 Å². The van der Waals surface area contributed by atoms with Gasteiger partial charge in [0, 0.05) is 50.1 Å². The molecule has 2 aromatic rings. The average molecular weight is 362 g/mol. The van der Waals surface area contributed by atoms with Gasteiger partial charge in [0.25, 0.3) is 5.56 Å². The topological polar surface area (TPSA) is 58.4 Å². The van der Waals surface area contributed by atoms with Crippen molar-refractivity contribution in [1.29, 1.82) is 0 Å². The van der Waals surface area contributed by atoms with Crippen LogP contribution in [0.25, 0.3) is 10.2 Å². The summed E-state index contributed by atoms with van der Waals surface area (Å²) in [5.41, 5.74) is 0.965. The molecule has 1 aliphatic rings. The molecule has 25 heavy (non-hydrogen) atoms. The van der Waals surface area contributed by atoms with E-state index in [0.717, 1.165) is 41.5 Å². The van der Waals surface area contributed by atoms with Crippen molar-refractivity contribution in [3.8, 4) is 0 Å². The van der Waals surface area contributed by atoms with Gasteiger partial charge in [0.2, 0.25) is 5.91 Å². The van der Waals surface area contributed by atoms with Crippen molar-refractivity contribution in [2.75, 3.05) is 26.2 Å². The summed E-state index contributed by atoms with van der Waals surface area (Å²) >= 11 is 1.55. The second kappa shape index (κ2) is 7.25. The van der Waals surface area contributed by atoms with E-state index >= 15 is 0 Å². The molecule has 3 rings (SSSR count). The summed E-state index contributed by atoms with van der Waals surface area (Å²) in [7, 11) is 0. The van der Waals surface area contributed by atoms with Crippen molar-refractivity contribution in [2.24, 2.45) is 0 Å². The Hall–Kier alpha value is -1.73. The van der Waals surface area contributed by atoms with E-state index in [0.29, 0.717) is 24.4 Å². The zero-order chi connectivity index (χ0) is 18.1. The van der Waals surface area contributed by atoms with E-state index in [9.17, 15) is 9.59 Å². The molecule has 6 nitrogen and oxygen atoms in total. The summed E-state index contributed by atoms with van der Waals surface area (Å²) in [4.78, 5) is 35.7. The summed E-state index contributed by atoms with van der Waals surface area (Å²) < 4.78 is 1.57. The zero-order valence-electron chi connectivity index (χ0n) is 15.4. The first-order chi connectivity index (χ1) is 11.9. The minimum absolute atomic E-state index is 0.0377. The molecule has 136 valence electrons. The van der Waals surface area contributed by atoms with Crippen molar-refractivity contribution in [3.05, 3.63) is 27.1 Å². The third kappa shape index (κ3) is 3.62. The second-order valence-electron chi connectivity index (χ2n) is 6.97. The SMILES string of the molecule is Cc1sc2ncn(CCC(=O)N3CCN(C(C)C)CC3)c(=O)c2c1C. The van der Waals surface area contributed by atoms with Crippen LogP contribution in [0, 0.1) is 13.8 Å². The van der Waals surface area contributed by atoms with Crippen LogP contribution in [0.15, 0.2) is 11.1 Å². The van der Waals surface area contributed by atoms with Crippen molar-refractivity contribution in [2.45, 2.75) is 46.7 Å². The number of rotatable bonds is 4. The van der Waals surface area contributed by atoms with E-state index in [2.05, 4.69) is 23.7 Å². The molecule has 3 heterocycles. The Morgan fingerprint density at radius 1 is 1.24 bits per heavy atom. The van der Waals surface area contributed by atoms with Gasteiger partial charge < -0.3 is 4.90 Å². The molecule has 1 fully saturated rings. The van der Waals surface area contributed by atoms with Crippen molar-refractivity contribution in [1.82, 2.24) is 19.4 Å². The van der Waals surface area contributed by atoms with Crippen molar-refractivity contribution >= 4 is 27.5 Å². The van der Waals surface area contributed by atoms with E-state index in [1.54, 1.807) is 22.2 Å². The largest absolute Gasteiger partial charge is 0.340 e. The minimum atomic E-state index is -0.0377. The Labute approximate surface area is 152 Å². The van der Waals surface area contributed by atoms with E-state index in [4.69, 9.17) is 0 Å². The number of nitrogens with zero attached hydrogens (tertiary/aromatic N) is 4. The van der Waals surface area contributed by atoms with Gasteiger partial charge in [-0.1, -0.05) is 0 Å². The fourth-order valence-electron chi connectivity index (χ4n) is 3.29. The van der Waals surface area contributed by atoms with Crippen LogP contribution >= 0.6 is 11.3 Å². The third-order valence-corrected chi connectivity index (χ3v) is 6.23. The quantitative estimate of drug-likeness (QED) is 0.835. The van der Waals surface area contributed by atoms with Crippen LogP contribution in [-0.2, 0) is 11.3 Å². The predicted octanol–water partition coefficient (Wildman–Crippen LogP) is 2.02. The molecule has 0 aromatic carbocycles. The molecule has 0 atom stereocenters. The second-order valence-corrected chi connectivity index (χ2v) is 8.17. The van der Waals surface area contributed by atoms with Gasteiger partial charge in [0.05, 0.1) is 11.7 Å². The number of aromatic nitrogens is 2. The van der Waals surface area contributed by atoms with E-state index < -0.39 is 0 Å². The Balaban J connectivity index is 1.65. The minimum Gasteiger partial charge on any atom is -0.340 e. The third-order valence-electron chi connectivity index (χ3n) is 5.12.